The van der Waals surface area contributed by atoms with Crippen molar-refractivity contribution in [1.29, 1.82) is 0 Å². The molecule has 0 fully saturated rings. The average Bonchev–Trinajstić information content (AvgIpc) is 2.15. The van der Waals surface area contributed by atoms with E-state index in [9.17, 15) is 14.4 Å². The van der Waals surface area contributed by atoms with Crippen molar-refractivity contribution in [3.05, 3.63) is 12.2 Å². The molecule has 0 aromatic rings. The molecule has 5 nitrogen and oxygen atoms in total. The standard InChI is InChI=1S/C10H14O5/c1-7(10(13)14-3)4-5-15-9(12)6-8(2)11/h1,4-6H2,2-3H3. The third-order valence-corrected chi connectivity index (χ3v) is 1.53. The Hall–Kier alpha value is -1.65. The summed E-state index contributed by atoms with van der Waals surface area (Å²) in [4.78, 5) is 32.2. The monoisotopic (exact) mass is 214 g/mol. The Labute approximate surface area is 88.0 Å². The lowest BCUT2D eigenvalue weighted by Gasteiger charge is -2.04. The molecule has 0 aliphatic carbocycles. The highest BCUT2D eigenvalue weighted by molar-refractivity contribution is 5.94. The number of rotatable bonds is 6. The number of carbonyl (C=O) groups is 3. The molecular weight excluding hydrogens is 200 g/mol. The predicted octanol–water partition coefficient (Wildman–Crippen LogP) is 0.628. The molecule has 0 radical (unpaired) electrons. The molecule has 84 valence electrons. The minimum Gasteiger partial charge on any atom is -0.466 e. The normalized spacial score (nSPS) is 9.20. The first-order valence-electron chi connectivity index (χ1n) is 4.38. The van der Waals surface area contributed by atoms with Crippen molar-refractivity contribution in [2.45, 2.75) is 19.8 Å². The average molecular weight is 214 g/mol. The molecule has 0 rings (SSSR count). The second-order valence-electron chi connectivity index (χ2n) is 2.94. The summed E-state index contributed by atoms with van der Waals surface area (Å²) >= 11 is 0. The van der Waals surface area contributed by atoms with Crippen LogP contribution in [-0.2, 0) is 23.9 Å². The van der Waals surface area contributed by atoms with E-state index in [1.54, 1.807) is 0 Å². The van der Waals surface area contributed by atoms with E-state index in [-0.39, 0.29) is 30.8 Å². The number of carbonyl (C=O) groups excluding carboxylic acids is 3. The van der Waals surface area contributed by atoms with Gasteiger partial charge in [0.15, 0.2) is 0 Å². The summed E-state index contributed by atoms with van der Waals surface area (Å²) < 4.78 is 9.09. The fourth-order valence-electron chi connectivity index (χ4n) is 0.789. The largest absolute Gasteiger partial charge is 0.466 e. The Morgan fingerprint density at radius 1 is 1.27 bits per heavy atom. The van der Waals surface area contributed by atoms with Gasteiger partial charge >= 0.3 is 11.9 Å². The first kappa shape index (κ1) is 13.4. The van der Waals surface area contributed by atoms with Crippen molar-refractivity contribution < 1.29 is 23.9 Å². The molecule has 0 bridgehead atoms. The van der Waals surface area contributed by atoms with Crippen LogP contribution in [-0.4, -0.2) is 31.4 Å². The summed E-state index contributed by atoms with van der Waals surface area (Å²) in [5, 5.41) is 0. The van der Waals surface area contributed by atoms with E-state index in [2.05, 4.69) is 16.1 Å². The Bertz CT molecular complexity index is 280. The Balaban J connectivity index is 3.71. The topological polar surface area (TPSA) is 69.7 Å². The molecule has 0 saturated carbocycles. The van der Waals surface area contributed by atoms with Crippen LogP contribution < -0.4 is 0 Å². The van der Waals surface area contributed by atoms with Crippen LogP contribution >= 0.6 is 0 Å². The van der Waals surface area contributed by atoms with E-state index in [1.807, 2.05) is 0 Å². The predicted molar refractivity (Wildman–Crippen MR) is 52.0 cm³/mol. The molecule has 0 spiro atoms. The van der Waals surface area contributed by atoms with Crippen molar-refractivity contribution in [3.8, 4) is 0 Å². The molecule has 5 heteroatoms. The highest BCUT2D eigenvalue weighted by atomic mass is 16.5. The molecule has 0 N–H and O–H groups in total. The van der Waals surface area contributed by atoms with E-state index < -0.39 is 11.9 Å². The highest BCUT2D eigenvalue weighted by Crippen LogP contribution is 2.01. The van der Waals surface area contributed by atoms with Gasteiger partial charge in [-0.3, -0.25) is 9.59 Å². The lowest BCUT2D eigenvalue weighted by atomic mass is 10.2. The third kappa shape index (κ3) is 6.42. The molecule has 0 aromatic heterocycles. The number of hydrogen-bond acceptors (Lipinski definition) is 5. The van der Waals surface area contributed by atoms with Gasteiger partial charge in [0.05, 0.1) is 13.7 Å². The lowest BCUT2D eigenvalue weighted by Crippen LogP contribution is -2.12. The van der Waals surface area contributed by atoms with Crippen molar-refractivity contribution in [3.63, 3.8) is 0 Å². The van der Waals surface area contributed by atoms with E-state index in [1.165, 1.54) is 14.0 Å². The van der Waals surface area contributed by atoms with Gasteiger partial charge in [-0.05, 0) is 6.92 Å². The summed E-state index contributed by atoms with van der Waals surface area (Å²) in [5.74, 6) is -1.38. The Morgan fingerprint density at radius 2 is 1.87 bits per heavy atom. The zero-order valence-corrected chi connectivity index (χ0v) is 8.87. The van der Waals surface area contributed by atoms with E-state index in [0.717, 1.165) is 0 Å². The number of Topliss-reactive ketones (excluding diaryl/α,β-unsaturated/α-hetero) is 1. The molecule has 0 unspecified atom stereocenters. The molecular formula is C10H14O5. The van der Waals surface area contributed by atoms with E-state index in [4.69, 9.17) is 0 Å². The van der Waals surface area contributed by atoms with Crippen molar-refractivity contribution in [1.82, 2.24) is 0 Å². The number of methoxy groups -OCH3 is 1. The van der Waals surface area contributed by atoms with E-state index in [0.29, 0.717) is 0 Å². The lowest BCUT2D eigenvalue weighted by molar-refractivity contribution is -0.146. The first-order chi connectivity index (χ1) is 6.97. The third-order valence-electron chi connectivity index (χ3n) is 1.53. The van der Waals surface area contributed by atoms with Crippen LogP contribution in [0.4, 0.5) is 0 Å². The van der Waals surface area contributed by atoms with Gasteiger partial charge in [-0.1, -0.05) is 6.58 Å². The molecule has 0 aromatic carbocycles. The summed E-state index contributed by atoms with van der Waals surface area (Å²) in [6.07, 6.45) is -0.0407. The quantitative estimate of drug-likeness (QED) is 0.368. The zero-order valence-electron chi connectivity index (χ0n) is 8.87. The van der Waals surface area contributed by atoms with Crippen LogP contribution in [0.3, 0.4) is 0 Å². The van der Waals surface area contributed by atoms with Crippen molar-refractivity contribution >= 4 is 17.7 Å². The van der Waals surface area contributed by atoms with Gasteiger partial charge in [0.25, 0.3) is 0 Å². The summed E-state index contributed by atoms with van der Waals surface area (Å²) in [6, 6.07) is 0. The minimum atomic E-state index is -0.597. The summed E-state index contributed by atoms with van der Waals surface area (Å²) in [6.45, 7) is 4.78. The number of esters is 2. The summed E-state index contributed by atoms with van der Waals surface area (Å²) in [7, 11) is 1.25. The Kier molecular flexibility index (Phi) is 6.01. The number of ether oxygens (including phenoxy) is 2. The number of ketones is 1. The Morgan fingerprint density at radius 3 is 2.33 bits per heavy atom. The van der Waals surface area contributed by atoms with Crippen molar-refractivity contribution in [2.75, 3.05) is 13.7 Å². The molecule has 0 heterocycles. The van der Waals surface area contributed by atoms with Gasteiger partial charge in [0.2, 0.25) is 0 Å². The SMILES string of the molecule is C=C(CCOC(=O)CC(C)=O)C(=O)OC. The maximum Gasteiger partial charge on any atom is 0.333 e. The summed E-state index contributed by atoms with van der Waals surface area (Å²) in [5.41, 5.74) is 0.230. The van der Waals surface area contributed by atoms with Gasteiger partial charge in [-0.25, -0.2) is 4.79 Å². The fraction of sp³-hybridized carbons (Fsp3) is 0.500. The molecule has 0 amide bonds. The van der Waals surface area contributed by atoms with Crippen LogP contribution in [0, 0.1) is 0 Å². The van der Waals surface area contributed by atoms with Gasteiger partial charge in [0, 0.05) is 12.0 Å². The molecule has 0 aliphatic heterocycles. The molecule has 0 aliphatic rings. The first-order valence-corrected chi connectivity index (χ1v) is 4.38. The maximum atomic E-state index is 10.9. The highest BCUT2D eigenvalue weighted by Gasteiger charge is 2.09. The van der Waals surface area contributed by atoms with Gasteiger partial charge < -0.3 is 9.47 Å². The maximum absolute atomic E-state index is 10.9. The van der Waals surface area contributed by atoms with Crippen LogP contribution in [0.1, 0.15) is 19.8 Å². The van der Waals surface area contributed by atoms with Crippen LogP contribution in [0.15, 0.2) is 12.2 Å². The van der Waals surface area contributed by atoms with Crippen LogP contribution in [0.5, 0.6) is 0 Å². The van der Waals surface area contributed by atoms with Crippen LogP contribution in [0.2, 0.25) is 0 Å². The second kappa shape index (κ2) is 6.75. The van der Waals surface area contributed by atoms with Gasteiger partial charge in [-0.15, -0.1) is 0 Å². The smallest absolute Gasteiger partial charge is 0.333 e. The van der Waals surface area contributed by atoms with Gasteiger partial charge in [0.1, 0.15) is 12.2 Å². The van der Waals surface area contributed by atoms with E-state index >= 15 is 0 Å². The molecule has 0 saturated heterocycles. The minimum absolute atomic E-state index is 0.0278. The van der Waals surface area contributed by atoms with Crippen LogP contribution in [0.25, 0.3) is 0 Å². The fourth-order valence-corrected chi connectivity index (χ4v) is 0.789. The molecule has 15 heavy (non-hydrogen) atoms. The van der Waals surface area contributed by atoms with Crippen molar-refractivity contribution in [2.24, 2.45) is 0 Å². The molecule has 0 atom stereocenters. The second-order valence-corrected chi connectivity index (χ2v) is 2.94. The van der Waals surface area contributed by atoms with Gasteiger partial charge in [-0.2, -0.15) is 0 Å². The number of hydrogen-bond donors (Lipinski definition) is 0. The zero-order chi connectivity index (χ0) is 11.8.